The van der Waals surface area contributed by atoms with Crippen molar-refractivity contribution in [3.05, 3.63) is 21.9 Å². The molecule has 1 atom stereocenters. The summed E-state index contributed by atoms with van der Waals surface area (Å²) in [6, 6.07) is 4.23. The molecule has 3 heteroatoms. The molecule has 20 heavy (non-hydrogen) atoms. The second-order valence-electron chi connectivity index (χ2n) is 5.40. The molecule has 0 saturated carbocycles. The third-order valence-electron chi connectivity index (χ3n) is 3.67. The topological polar surface area (TPSA) is 46.2 Å². The van der Waals surface area contributed by atoms with Gasteiger partial charge < -0.3 is 10.8 Å². The molecule has 0 aliphatic carbocycles. The molecule has 1 heterocycles. The van der Waals surface area contributed by atoms with Crippen LogP contribution in [0.25, 0.3) is 0 Å². The fourth-order valence-electron chi connectivity index (χ4n) is 1.93. The zero-order valence-electron chi connectivity index (χ0n) is 12.7. The van der Waals surface area contributed by atoms with Gasteiger partial charge in [-0.15, -0.1) is 11.3 Å². The van der Waals surface area contributed by atoms with Crippen LogP contribution in [0.15, 0.2) is 12.1 Å². The first-order valence-electron chi connectivity index (χ1n) is 7.61. The Morgan fingerprint density at radius 2 is 2.10 bits per heavy atom. The van der Waals surface area contributed by atoms with E-state index in [1.165, 1.54) is 24.1 Å². The highest BCUT2D eigenvalue weighted by atomic mass is 32.1. The highest BCUT2D eigenvalue weighted by Gasteiger charge is 2.21. The number of aliphatic hydroxyl groups is 1. The van der Waals surface area contributed by atoms with Crippen LogP contribution in [-0.4, -0.2) is 17.3 Å². The van der Waals surface area contributed by atoms with Crippen LogP contribution in [-0.2, 0) is 6.42 Å². The van der Waals surface area contributed by atoms with E-state index >= 15 is 0 Å². The molecule has 0 amide bonds. The fourth-order valence-corrected chi connectivity index (χ4v) is 2.81. The molecule has 1 unspecified atom stereocenters. The molecule has 0 saturated heterocycles. The SMILES string of the molecule is CCCCCC#Cc1ccc(CCC(N)(CC)CO)s1. The van der Waals surface area contributed by atoms with Crippen LogP contribution in [0.4, 0.5) is 0 Å². The van der Waals surface area contributed by atoms with Gasteiger partial charge in [-0.2, -0.15) is 0 Å². The highest BCUT2D eigenvalue weighted by Crippen LogP contribution is 2.21. The molecular weight excluding hydrogens is 266 g/mol. The predicted molar refractivity (Wildman–Crippen MR) is 88.0 cm³/mol. The molecule has 1 aromatic rings. The van der Waals surface area contributed by atoms with E-state index in [4.69, 9.17) is 5.73 Å². The minimum absolute atomic E-state index is 0.0545. The molecule has 1 aromatic heterocycles. The van der Waals surface area contributed by atoms with E-state index in [-0.39, 0.29) is 6.61 Å². The molecule has 0 aromatic carbocycles. The lowest BCUT2D eigenvalue weighted by atomic mass is 9.92. The molecule has 0 bridgehead atoms. The molecule has 2 nitrogen and oxygen atoms in total. The first-order chi connectivity index (χ1) is 9.63. The standard InChI is InChI=1S/C17H27NOS/c1-3-5-6-7-8-9-15-10-11-16(20-15)12-13-17(18,4-2)14-19/h10-11,19H,3-7,12-14,18H2,1-2H3. The molecule has 0 aliphatic rings. The molecule has 0 aliphatic heterocycles. The van der Waals surface area contributed by atoms with Crippen LogP contribution in [0.5, 0.6) is 0 Å². The first kappa shape index (κ1) is 17.2. The molecule has 0 spiro atoms. The zero-order valence-corrected chi connectivity index (χ0v) is 13.6. The highest BCUT2D eigenvalue weighted by molar-refractivity contribution is 7.12. The van der Waals surface area contributed by atoms with Crippen molar-refractivity contribution in [1.82, 2.24) is 0 Å². The molecule has 112 valence electrons. The van der Waals surface area contributed by atoms with Gasteiger partial charge in [0.05, 0.1) is 11.5 Å². The minimum atomic E-state index is -0.435. The number of aliphatic hydroxyl groups excluding tert-OH is 1. The first-order valence-corrected chi connectivity index (χ1v) is 8.42. The maximum Gasteiger partial charge on any atom is 0.0771 e. The Balaban J connectivity index is 2.43. The Labute approximate surface area is 127 Å². The predicted octanol–water partition coefficient (Wildman–Crippen LogP) is 3.71. The quantitative estimate of drug-likeness (QED) is 0.567. The summed E-state index contributed by atoms with van der Waals surface area (Å²) in [6.45, 7) is 4.29. The van der Waals surface area contributed by atoms with E-state index in [0.717, 1.165) is 30.6 Å². The van der Waals surface area contributed by atoms with E-state index < -0.39 is 5.54 Å². The molecule has 3 N–H and O–H groups in total. The number of rotatable bonds is 8. The van der Waals surface area contributed by atoms with Crippen LogP contribution in [0, 0.1) is 11.8 Å². The second kappa shape index (κ2) is 9.18. The minimum Gasteiger partial charge on any atom is -0.394 e. The summed E-state index contributed by atoms with van der Waals surface area (Å²) in [5, 5.41) is 9.31. The van der Waals surface area contributed by atoms with Gasteiger partial charge in [-0.05, 0) is 37.8 Å². The van der Waals surface area contributed by atoms with Crippen molar-refractivity contribution in [3.8, 4) is 11.8 Å². The van der Waals surface area contributed by atoms with Gasteiger partial charge in [-0.25, -0.2) is 0 Å². The molecule has 0 fully saturated rings. The summed E-state index contributed by atoms with van der Waals surface area (Å²) >= 11 is 1.75. The van der Waals surface area contributed by atoms with E-state index in [0.29, 0.717) is 0 Å². The fraction of sp³-hybridized carbons (Fsp3) is 0.647. The number of aryl methyl sites for hydroxylation is 1. The van der Waals surface area contributed by atoms with Crippen LogP contribution in [0.3, 0.4) is 0 Å². The number of thiophene rings is 1. The normalized spacial score (nSPS) is 13.6. The van der Waals surface area contributed by atoms with Crippen LogP contribution >= 0.6 is 11.3 Å². The summed E-state index contributed by atoms with van der Waals surface area (Å²) in [6.07, 6.45) is 7.25. The number of hydrogen-bond donors (Lipinski definition) is 2. The monoisotopic (exact) mass is 293 g/mol. The van der Waals surface area contributed by atoms with Crippen molar-refractivity contribution in [1.29, 1.82) is 0 Å². The van der Waals surface area contributed by atoms with Gasteiger partial charge in [0.2, 0.25) is 0 Å². The van der Waals surface area contributed by atoms with Gasteiger partial charge in [-0.1, -0.05) is 38.5 Å². The molecule has 1 rings (SSSR count). The van der Waals surface area contributed by atoms with Crippen LogP contribution in [0.2, 0.25) is 0 Å². The lowest BCUT2D eigenvalue weighted by Crippen LogP contribution is -2.43. The Bertz CT molecular complexity index is 437. The van der Waals surface area contributed by atoms with Crippen molar-refractivity contribution in [2.24, 2.45) is 5.73 Å². The molecule has 0 radical (unpaired) electrons. The van der Waals surface area contributed by atoms with Crippen LogP contribution in [0.1, 0.15) is 62.1 Å². The van der Waals surface area contributed by atoms with Crippen molar-refractivity contribution >= 4 is 11.3 Å². The average molecular weight is 293 g/mol. The number of nitrogens with two attached hydrogens (primary N) is 1. The van der Waals surface area contributed by atoms with E-state index in [1.54, 1.807) is 11.3 Å². The molecular formula is C17H27NOS. The summed E-state index contributed by atoms with van der Waals surface area (Å²) in [4.78, 5) is 2.44. The number of hydrogen-bond acceptors (Lipinski definition) is 3. The van der Waals surface area contributed by atoms with Crippen molar-refractivity contribution in [2.45, 2.75) is 64.3 Å². The van der Waals surface area contributed by atoms with Gasteiger partial charge in [0.15, 0.2) is 0 Å². The second-order valence-corrected chi connectivity index (χ2v) is 6.57. The zero-order chi connectivity index (χ0) is 14.8. The van der Waals surface area contributed by atoms with Gasteiger partial charge in [0.1, 0.15) is 0 Å². The van der Waals surface area contributed by atoms with Crippen molar-refractivity contribution < 1.29 is 5.11 Å². The lowest BCUT2D eigenvalue weighted by Gasteiger charge is -2.25. The smallest absolute Gasteiger partial charge is 0.0771 e. The Morgan fingerprint density at radius 3 is 2.75 bits per heavy atom. The third kappa shape index (κ3) is 6.09. The number of unbranched alkanes of at least 4 members (excludes halogenated alkanes) is 3. The van der Waals surface area contributed by atoms with E-state index in [1.807, 2.05) is 6.92 Å². The Morgan fingerprint density at radius 1 is 1.30 bits per heavy atom. The van der Waals surface area contributed by atoms with Gasteiger partial charge in [-0.3, -0.25) is 0 Å². The summed E-state index contributed by atoms with van der Waals surface area (Å²) in [7, 11) is 0. The summed E-state index contributed by atoms with van der Waals surface area (Å²) in [5.41, 5.74) is 5.67. The third-order valence-corrected chi connectivity index (χ3v) is 4.73. The largest absolute Gasteiger partial charge is 0.394 e. The summed E-state index contributed by atoms with van der Waals surface area (Å²) in [5.74, 6) is 6.48. The lowest BCUT2D eigenvalue weighted by molar-refractivity contribution is 0.183. The van der Waals surface area contributed by atoms with E-state index in [9.17, 15) is 5.11 Å². The van der Waals surface area contributed by atoms with Gasteiger partial charge in [0, 0.05) is 16.8 Å². The average Bonchev–Trinajstić information content (AvgIpc) is 2.92. The van der Waals surface area contributed by atoms with Gasteiger partial charge >= 0.3 is 0 Å². The van der Waals surface area contributed by atoms with Crippen molar-refractivity contribution in [2.75, 3.05) is 6.61 Å². The van der Waals surface area contributed by atoms with Crippen LogP contribution < -0.4 is 5.73 Å². The Kier molecular flexibility index (Phi) is 7.91. The summed E-state index contributed by atoms with van der Waals surface area (Å²) < 4.78 is 0. The van der Waals surface area contributed by atoms with Gasteiger partial charge in [0.25, 0.3) is 0 Å². The maximum absolute atomic E-state index is 9.31. The van der Waals surface area contributed by atoms with Crippen molar-refractivity contribution in [3.63, 3.8) is 0 Å². The maximum atomic E-state index is 9.31. The Hall–Kier alpha value is -0.820. The van der Waals surface area contributed by atoms with E-state index in [2.05, 4.69) is 30.9 Å².